The zero-order chi connectivity index (χ0) is 26.8. The second-order valence-corrected chi connectivity index (χ2v) is 9.24. The molecule has 1 atom stereocenters. The third-order valence-electron chi connectivity index (χ3n) is 5.01. The molecule has 0 fully saturated rings. The minimum Gasteiger partial charge on any atom is -0.340 e. The highest BCUT2D eigenvalue weighted by atomic mass is 32.1. The summed E-state index contributed by atoms with van der Waals surface area (Å²) in [7, 11) is 0. The molecule has 3 aromatic rings. The number of nitrogens with one attached hydrogen (secondary N) is 2. The van der Waals surface area contributed by atoms with Crippen LogP contribution in [0.4, 0.5) is 31.5 Å². The van der Waals surface area contributed by atoms with E-state index in [4.69, 9.17) is 0 Å². The lowest BCUT2D eigenvalue weighted by Crippen LogP contribution is -2.47. The fourth-order valence-electron chi connectivity index (χ4n) is 3.20. The minimum absolute atomic E-state index is 0.0787. The molecule has 2 amide bonds. The summed E-state index contributed by atoms with van der Waals surface area (Å²) in [5, 5.41) is 13.2. The first-order chi connectivity index (χ1) is 16.6. The van der Waals surface area contributed by atoms with Crippen LogP contribution in [0.2, 0.25) is 0 Å². The number of carbonyl (C=O) groups excluding carboxylic acids is 2. The number of rotatable bonds is 6. The Morgan fingerprint density at radius 1 is 0.917 bits per heavy atom. The molecule has 0 aliphatic heterocycles. The molecular formula is C23H20F6N4O2S. The van der Waals surface area contributed by atoms with Gasteiger partial charge in [-0.2, -0.15) is 26.3 Å². The summed E-state index contributed by atoms with van der Waals surface area (Å²) >= 11 is 1.06. The van der Waals surface area contributed by atoms with E-state index in [1.165, 1.54) is 0 Å². The number of halogens is 6. The van der Waals surface area contributed by atoms with Gasteiger partial charge in [0.15, 0.2) is 0 Å². The molecule has 13 heteroatoms. The van der Waals surface area contributed by atoms with Crippen molar-refractivity contribution in [2.75, 3.05) is 5.32 Å². The lowest BCUT2D eigenvalue weighted by Gasteiger charge is -2.21. The topological polar surface area (TPSA) is 84.0 Å². The molecular weight excluding hydrogens is 510 g/mol. The summed E-state index contributed by atoms with van der Waals surface area (Å²) in [6.07, 6.45) is -10.2. The van der Waals surface area contributed by atoms with Crippen LogP contribution in [-0.4, -0.2) is 28.1 Å². The van der Waals surface area contributed by atoms with Crippen LogP contribution in [-0.2, 0) is 17.1 Å². The number of aromatic nitrogens is 2. The van der Waals surface area contributed by atoms with Gasteiger partial charge in [-0.15, -0.1) is 10.2 Å². The van der Waals surface area contributed by atoms with Crippen LogP contribution in [0.15, 0.2) is 42.5 Å². The van der Waals surface area contributed by atoms with Crippen molar-refractivity contribution in [1.29, 1.82) is 0 Å². The van der Waals surface area contributed by atoms with Gasteiger partial charge in [0.1, 0.15) is 11.0 Å². The number of hydrogen-bond acceptors (Lipinski definition) is 5. The van der Waals surface area contributed by atoms with E-state index in [0.29, 0.717) is 17.1 Å². The van der Waals surface area contributed by atoms with Crippen molar-refractivity contribution < 1.29 is 35.9 Å². The standard InChI is InChI=1S/C23H20F6N4O2S/c1-11(2)17(19(35)31-21-33-32-20(36-21)13-6-4-5-12(3)7-13)30-18(34)14-8-15(22(24,25)26)10-16(9-14)23(27,28)29/h4-11,17H,1-3H3,(H,30,34)(H,31,33,35). The number of hydrogen-bond donors (Lipinski definition) is 2. The Balaban J connectivity index is 1.81. The van der Waals surface area contributed by atoms with Gasteiger partial charge >= 0.3 is 12.4 Å². The van der Waals surface area contributed by atoms with Crippen LogP contribution in [0, 0.1) is 12.8 Å². The van der Waals surface area contributed by atoms with Gasteiger partial charge in [0, 0.05) is 11.1 Å². The Morgan fingerprint density at radius 2 is 1.53 bits per heavy atom. The lowest BCUT2D eigenvalue weighted by atomic mass is 10.0. The van der Waals surface area contributed by atoms with Gasteiger partial charge in [0.25, 0.3) is 5.91 Å². The van der Waals surface area contributed by atoms with E-state index in [2.05, 4.69) is 20.8 Å². The molecule has 0 radical (unpaired) electrons. The summed E-state index contributed by atoms with van der Waals surface area (Å²) < 4.78 is 78.8. The number of amides is 2. The Labute approximate surface area is 205 Å². The highest BCUT2D eigenvalue weighted by molar-refractivity contribution is 7.18. The number of alkyl halides is 6. The van der Waals surface area contributed by atoms with Gasteiger partial charge in [-0.1, -0.05) is 48.9 Å². The van der Waals surface area contributed by atoms with Gasteiger partial charge in [-0.25, -0.2) is 0 Å². The zero-order valence-corrected chi connectivity index (χ0v) is 19.9. The van der Waals surface area contributed by atoms with E-state index in [9.17, 15) is 35.9 Å². The summed E-state index contributed by atoms with van der Waals surface area (Å²) in [4.78, 5) is 25.5. The highest BCUT2D eigenvalue weighted by Gasteiger charge is 2.38. The predicted molar refractivity (Wildman–Crippen MR) is 121 cm³/mol. The highest BCUT2D eigenvalue weighted by Crippen LogP contribution is 2.36. The molecule has 0 bridgehead atoms. The van der Waals surface area contributed by atoms with Crippen molar-refractivity contribution in [3.63, 3.8) is 0 Å². The van der Waals surface area contributed by atoms with Crippen LogP contribution in [0.25, 0.3) is 10.6 Å². The predicted octanol–water partition coefficient (Wildman–Crippen LogP) is 5.94. The molecule has 6 nitrogen and oxygen atoms in total. The van der Waals surface area contributed by atoms with E-state index in [1.54, 1.807) is 19.9 Å². The first-order valence-corrected chi connectivity index (χ1v) is 11.3. The fourth-order valence-corrected chi connectivity index (χ4v) is 3.94. The summed E-state index contributed by atoms with van der Waals surface area (Å²) in [5.74, 6) is -2.59. The first-order valence-electron chi connectivity index (χ1n) is 10.5. The number of benzene rings is 2. The van der Waals surface area contributed by atoms with Gasteiger partial charge in [-0.05, 0) is 37.1 Å². The largest absolute Gasteiger partial charge is 0.416 e. The molecule has 0 saturated heterocycles. The maximum Gasteiger partial charge on any atom is 0.416 e. The van der Waals surface area contributed by atoms with E-state index >= 15 is 0 Å². The lowest BCUT2D eigenvalue weighted by molar-refractivity contribution is -0.143. The molecule has 2 aromatic carbocycles. The van der Waals surface area contributed by atoms with Crippen molar-refractivity contribution in [2.45, 2.75) is 39.2 Å². The molecule has 1 heterocycles. The van der Waals surface area contributed by atoms with Gasteiger partial charge in [0.05, 0.1) is 11.1 Å². The smallest absolute Gasteiger partial charge is 0.340 e. The van der Waals surface area contributed by atoms with Crippen molar-refractivity contribution in [2.24, 2.45) is 5.92 Å². The third kappa shape index (κ3) is 6.59. The van der Waals surface area contributed by atoms with Crippen molar-refractivity contribution in [3.8, 4) is 10.6 Å². The van der Waals surface area contributed by atoms with Gasteiger partial charge in [0.2, 0.25) is 11.0 Å². The van der Waals surface area contributed by atoms with Crippen LogP contribution in [0.5, 0.6) is 0 Å². The molecule has 3 rings (SSSR count). The molecule has 1 aromatic heterocycles. The van der Waals surface area contributed by atoms with E-state index in [-0.39, 0.29) is 11.2 Å². The Kier molecular flexibility index (Phi) is 7.72. The summed E-state index contributed by atoms with van der Waals surface area (Å²) in [6.45, 7) is 5.00. The van der Waals surface area contributed by atoms with E-state index < -0.39 is 52.8 Å². The molecule has 36 heavy (non-hydrogen) atoms. The number of aryl methyl sites for hydroxylation is 1. The monoisotopic (exact) mass is 530 g/mol. The summed E-state index contributed by atoms with van der Waals surface area (Å²) in [5.41, 5.74) is -2.39. The normalized spacial score (nSPS) is 12.9. The maximum absolute atomic E-state index is 13.1. The van der Waals surface area contributed by atoms with Crippen LogP contribution in [0.1, 0.15) is 40.9 Å². The fraction of sp³-hybridized carbons (Fsp3) is 0.304. The average Bonchev–Trinajstić information content (AvgIpc) is 3.24. The zero-order valence-electron chi connectivity index (χ0n) is 19.1. The van der Waals surface area contributed by atoms with Gasteiger partial charge in [-0.3, -0.25) is 14.9 Å². The first kappa shape index (κ1) is 27.1. The van der Waals surface area contributed by atoms with Gasteiger partial charge < -0.3 is 5.32 Å². The van der Waals surface area contributed by atoms with E-state index in [1.807, 2.05) is 25.1 Å². The Hall–Kier alpha value is -3.48. The van der Waals surface area contributed by atoms with Crippen molar-refractivity contribution in [1.82, 2.24) is 15.5 Å². The van der Waals surface area contributed by atoms with E-state index in [0.717, 1.165) is 22.5 Å². The molecule has 0 saturated carbocycles. The summed E-state index contributed by atoms with van der Waals surface area (Å²) in [6, 6.07) is 6.64. The average molecular weight is 530 g/mol. The SMILES string of the molecule is Cc1cccc(-c2nnc(NC(=O)C(NC(=O)c3cc(C(F)(F)F)cc(C(F)(F)F)c3)C(C)C)s2)c1. The number of carbonyl (C=O) groups is 2. The quantitative estimate of drug-likeness (QED) is 0.386. The third-order valence-corrected chi connectivity index (χ3v) is 5.89. The number of nitrogens with zero attached hydrogens (tertiary/aromatic N) is 2. The maximum atomic E-state index is 13.1. The molecule has 0 aliphatic carbocycles. The molecule has 2 N–H and O–H groups in total. The van der Waals surface area contributed by atoms with Crippen LogP contribution < -0.4 is 10.6 Å². The molecule has 0 aliphatic rings. The number of anilines is 1. The Bertz CT molecular complexity index is 1240. The molecule has 0 spiro atoms. The van der Waals surface area contributed by atoms with Crippen LogP contribution >= 0.6 is 11.3 Å². The van der Waals surface area contributed by atoms with Crippen LogP contribution in [0.3, 0.4) is 0 Å². The molecule has 1 unspecified atom stereocenters. The Morgan fingerprint density at radius 3 is 2.06 bits per heavy atom. The second kappa shape index (κ2) is 10.2. The second-order valence-electron chi connectivity index (χ2n) is 8.26. The van der Waals surface area contributed by atoms with Crippen molar-refractivity contribution in [3.05, 3.63) is 64.7 Å². The molecule has 192 valence electrons. The van der Waals surface area contributed by atoms with Crippen molar-refractivity contribution >= 4 is 28.3 Å². The minimum atomic E-state index is -5.11.